The summed E-state index contributed by atoms with van der Waals surface area (Å²) in [5, 5.41) is 10.9. The summed E-state index contributed by atoms with van der Waals surface area (Å²) < 4.78 is 20.8. The minimum absolute atomic E-state index is 0.0247. The van der Waals surface area contributed by atoms with Gasteiger partial charge >= 0.3 is 0 Å². The number of carbonyl (C=O) groups excluding carboxylic acids is 1. The van der Waals surface area contributed by atoms with Gasteiger partial charge in [-0.15, -0.1) is 0 Å². The first-order valence-corrected chi connectivity index (χ1v) is 10.7. The molecule has 1 saturated heterocycles. The van der Waals surface area contributed by atoms with Crippen molar-refractivity contribution in [3.8, 4) is 0 Å². The van der Waals surface area contributed by atoms with Crippen LogP contribution in [0, 0.1) is 18.2 Å². The minimum atomic E-state index is -0.268. The Balaban J connectivity index is 1.55. The zero-order valence-electron chi connectivity index (χ0n) is 18.0. The summed E-state index contributed by atoms with van der Waals surface area (Å²) in [6, 6.07) is 9.59. The molecular formula is C25H28FN3O2. The van der Waals surface area contributed by atoms with Crippen molar-refractivity contribution in [3.63, 3.8) is 0 Å². The predicted octanol–water partition coefficient (Wildman–Crippen LogP) is 3.96. The normalized spacial score (nSPS) is 18.5. The van der Waals surface area contributed by atoms with Crippen LogP contribution >= 0.6 is 0 Å². The molecule has 6 heteroatoms. The van der Waals surface area contributed by atoms with Crippen LogP contribution < -0.4 is 5.32 Å². The number of hydrogen-bond donors (Lipinski definition) is 2. The van der Waals surface area contributed by atoms with E-state index in [-0.39, 0.29) is 17.8 Å². The van der Waals surface area contributed by atoms with Crippen LogP contribution in [0.4, 0.5) is 4.39 Å². The number of amides is 1. The molecule has 0 spiro atoms. The van der Waals surface area contributed by atoms with Crippen molar-refractivity contribution < 1.29 is 13.9 Å². The molecule has 0 bridgehead atoms. The third kappa shape index (κ3) is 4.26. The van der Waals surface area contributed by atoms with Crippen molar-refractivity contribution in [1.29, 1.82) is 5.41 Å². The van der Waals surface area contributed by atoms with Crippen LogP contribution in [-0.4, -0.2) is 42.8 Å². The highest BCUT2D eigenvalue weighted by Gasteiger charge is 2.36. The van der Waals surface area contributed by atoms with Gasteiger partial charge in [0.05, 0.1) is 24.9 Å². The number of benzene rings is 2. The fourth-order valence-corrected chi connectivity index (χ4v) is 4.33. The minimum Gasteiger partial charge on any atom is -0.394 e. The molecule has 0 saturated carbocycles. The second kappa shape index (κ2) is 9.02. The van der Waals surface area contributed by atoms with Gasteiger partial charge in [-0.25, -0.2) is 4.39 Å². The van der Waals surface area contributed by atoms with Gasteiger partial charge < -0.3 is 20.4 Å². The first-order chi connectivity index (χ1) is 15.0. The molecule has 0 aromatic heterocycles. The molecule has 4 rings (SSSR count). The highest BCUT2D eigenvalue weighted by Crippen LogP contribution is 2.33. The Morgan fingerprint density at radius 1 is 1.35 bits per heavy atom. The number of halogens is 1. The summed E-state index contributed by atoms with van der Waals surface area (Å²) in [6.45, 7) is 3.37. The first-order valence-electron chi connectivity index (χ1n) is 10.7. The summed E-state index contributed by atoms with van der Waals surface area (Å²) in [5.74, 6) is -0.360. The van der Waals surface area contributed by atoms with Crippen LogP contribution in [0.15, 0.2) is 42.6 Å². The van der Waals surface area contributed by atoms with E-state index >= 15 is 4.39 Å². The molecule has 1 fully saturated rings. The Kier molecular flexibility index (Phi) is 6.18. The number of fused-ring (bicyclic) bond motifs is 1. The third-order valence-corrected chi connectivity index (χ3v) is 6.19. The number of rotatable bonds is 6. The van der Waals surface area contributed by atoms with Crippen LogP contribution in [0.3, 0.4) is 0 Å². The number of allylic oxidation sites excluding steroid dienone is 1. The second-order valence-electron chi connectivity index (χ2n) is 8.21. The molecule has 1 unspecified atom stereocenters. The maximum absolute atomic E-state index is 15.2. The number of carbonyl (C=O) groups is 1. The number of ether oxygens (including phenoxy) is 1. The highest BCUT2D eigenvalue weighted by atomic mass is 19.1. The topological polar surface area (TPSA) is 65.4 Å². The standard InChI is InChI=1S/C25H28FN3O2/c1-16-19(12-17-5-7-18(8-6-17)23(27)9-10-28-2)13-21-22(24(16)26)14-29(25(21)30)20-4-3-11-31-15-20/h5-10,13,20,27-28H,3-4,11-12,14-15H2,1-2H3/b10-9-,27-23?. The molecular weight excluding hydrogens is 393 g/mol. The fraction of sp³-hybridized carbons (Fsp3) is 0.360. The van der Waals surface area contributed by atoms with Gasteiger partial charge in [-0.3, -0.25) is 4.79 Å². The van der Waals surface area contributed by atoms with E-state index in [1.807, 2.05) is 30.3 Å². The molecule has 0 radical (unpaired) electrons. The average molecular weight is 422 g/mol. The van der Waals surface area contributed by atoms with E-state index in [2.05, 4.69) is 5.32 Å². The summed E-state index contributed by atoms with van der Waals surface area (Å²) in [7, 11) is 1.79. The number of nitrogens with one attached hydrogen (secondary N) is 2. The lowest BCUT2D eigenvalue weighted by Crippen LogP contribution is -2.41. The molecule has 1 atom stereocenters. The van der Waals surface area contributed by atoms with Crippen molar-refractivity contribution in [1.82, 2.24) is 10.2 Å². The van der Waals surface area contributed by atoms with Gasteiger partial charge in [0.15, 0.2) is 0 Å². The molecule has 1 amide bonds. The van der Waals surface area contributed by atoms with Crippen molar-refractivity contribution >= 4 is 11.6 Å². The van der Waals surface area contributed by atoms with E-state index in [1.54, 1.807) is 31.1 Å². The fourth-order valence-electron chi connectivity index (χ4n) is 4.33. The number of nitrogens with zero attached hydrogens (tertiary/aromatic N) is 1. The zero-order chi connectivity index (χ0) is 22.0. The Hall–Kier alpha value is -2.99. The Bertz CT molecular complexity index is 1020. The largest absolute Gasteiger partial charge is 0.394 e. The number of hydrogen-bond acceptors (Lipinski definition) is 4. The van der Waals surface area contributed by atoms with Crippen molar-refractivity contribution in [2.75, 3.05) is 20.3 Å². The molecule has 2 aromatic rings. The highest BCUT2D eigenvalue weighted by molar-refractivity contribution is 6.06. The van der Waals surface area contributed by atoms with Gasteiger partial charge in [0.2, 0.25) is 0 Å². The molecule has 162 valence electrons. The lowest BCUT2D eigenvalue weighted by molar-refractivity contribution is 0.0177. The van der Waals surface area contributed by atoms with Gasteiger partial charge in [-0.1, -0.05) is 24.3 Å². The maximum atomic E-state index is 15.2. The maximum Gasteiger partial charge on any atom is 0.254 e. The van der Waals surface area contributed by atoms with E-state index in [1.165, 1.54) is 0 Å². The summed E-state index contributed by atoms with van der Waals surface area (Å²) >= 11 is 0. The van der Waals surface area contributed by atoms with Gasteiger partial charge in [0, 0.05) is 24.8 Å². The molecule has 5 nitrogen and oxygen atoms in total. The van der Waals surface area contributed by atoms with E-state index in [0.717, 1.165) is 36.1 Å². The monoisotopic (exact) mass is 421 g/mol. The lowest BCUT2D eigenvalue weighted by Gasteiger charge is -2.30. The average Bonchev–Trinajstić information content (AvgIpc) is 3.13. The summed E-state index contributed by atoms with van der Waals surface area (Å²) in [5.41, 5.74) is 4.66. The molecule has 2 aliphatic rings. The smallest absolute Gasteiger partial charge is 0.254 e. The Labute approximate surface area is 182 Å². The molecule has 0 aliphatic carbocycles. The van der Waals surface area contributed by atoms with Gasteiger partial charge in [0.1, 0.15) is 5.82 Å². The van der Waals surface area contributed by atoms with E-state index < -0.39 is 0 Å². The molecule has 2 aromatic carbocycles. The third-order valence-electron chi connectivity index (χ3n) is 6.19. The van der Waals surface area contributed by atoms with Crippen molar-refractivity contribution in [2.24, 2.45) is 0 Å². The van der Waals surface area contributed by atoms with Crippen LogP contribution in [0.5, 0.6) is 0 Å². The molecule has 2 heterocycles. The van der Waals surface area contributed by atoms with E-state index in [4.69, 9.17) is 10.1 Å². The van der Waals surface area contributed by atoms with E-state index in [0.29, 0.717) is 42.0 Å². The lowest BCUT2D eigenvalue weighted by atomic mass is 9.94. The Morgan fingerprint density at radius 2 is 2.13 bits per heavy atom. The van der Waals surface area contributed by atoms with Gasteiger partial charge in [0.25, 0.3) is 5.91 Å². The quantitative estimate of drug-likeness (QED) is 0.694. The zero-order valence-corrected chi connectivity index (χ0v) is 18.0. The van der Waals surface area contributed by atoms with Crippen LogP contribution in [0.2, 0.25) is 0 Å². The van der Waals surface area contributed by atoms with Crippen LogP contribution in [0.1, 0.15) is 51.0 Å². The predicted molar refractivity (Wildman–Crippen MR) is 119 cm³/mol. The first kappa shape index (κ1) is 21.2. The molecule has 2 N–H and O–H groups in total. The summed E-state index contributed by atoms with van der Waals surface area (Å²) in [6.07, 6.45) is 5.78. The molecule has 2 aliphatic heterocycles. The van der Waals surface area contributed by atoms with Gasteiger partial charge in [-0.05, 0) is 66.8 Å². The van der Waals surface area contributed by atoms with Gasteiger partial charge in [-0.2, -0.15) is 0 Å². The van der Waals surface area contributed by atoms with Crippen LogP contribution in [-0.2, 0) is 17.7 Å². The SMILES string of the molecule is CN/C=C\C(=N)c1ccc(Cc2cc3c(c(F)c2C)CN(C2CCCOC2)C3=O)cc1. The molecule has 31 heavy (non-hydrogen) atoms. The Morgan fingerprint density at radius 3 is 2.81 bits per heavy atom. The van der Waals surface area contributed by atoms with E-state index in [9.17, 15) is 4.79 Å². The summed E-state index contributed by atoms with van der Waals surface area (Å²) in [4.78, 5) is 14.8. The van der Waals surface area contributed by atoms with Crippen LogP contribution in [0.25, 0.3) is 0 Å². The van der Waals surface area contributed by atoms with Crippen molar-refractivity contribution in [2.45, 2.75) is 38.8 Å². The second-order valence-corrected chi connectivity index (χ2v) is 8.21. The van der Waals surface area contributed by atoms with Crippen molar-refractivity contribution in [3.05, 3.63) is 81.8 Å².